The number of nitrogens with one attached hydrogen (secondary N) is 1. The number of fused-ring (bicyclic) bond motifs is 1. The molecule has 0 aliphatic rings. The third kappa shape index (κ3) is 2.41. The molecule has 4 heteroatoms. The zero-order valence-corrected chi connectivity index (χ0v) is 10.6. The Morgan fingerprint density at radius 2 is 2.17 bits per heavy atom. The van der Waals surface area contributed by atoms with Gasteiger partial charge >= 0.3 is 0 Å². The first kappa shape index (κ1) is 12.3. The molecule has 2 rings (SSSR count). The molecule has 0 spiro atoms. The van der Waals surface area contributed by atoms with Gasteiger partial charge in [0, 0.05) is 25.5 Å². The van der Waals surface area contributed by atoms with Crippen molar-refractivity contribution in [3.8, 4) is 6.07 Å². The molecule has 0 amide bonds. The Morgan fingerprint density at radius 3 is 2.89 bits per heavy atom. The van der Waals surface area contributed by atoms with Crippen LogP contribution in [-0.4, -0.2) is 32.2 Å². The monoisotopic (exact) mass is 240 g/mol. The quantitative estimate of drug-likeness (QED) is 0.884. The number of pyridine rings is 1. The minimum atomic E-state index is 0.618. The fraction of sp³-hybridized carbons (Fsp3) is 0.286. The normalized spacial score (nSPS) is 10.3. The van der Waals surface area contributed by atoms with E-state index >= 15 is 0 Å². The van der Waals surface area contributed by atoms with Crippen molar-refractivity contribution in [1.82, 2.24) is 10.3 Å². The number of hydrogen-bond acceptors (Lipinski definition) is 4. The van der Waals surface area contributed by atoms with E-state index in [9.17, 15) is 5.26 Å². The standard InChI is InChI=1S/C14H16N4/c1-16-7-8-18(2)14-12(10-15)9-11-5-3-4-6-13(11)17-14/h3-6,9,16H,7-8H2,1-2H3. The molecular formula is C14H16N4. The number of anilines is 1. The Labute approximate surface area is 107 Å². The summed E-state index contributed by atoms with van der Waals surface area (Å²) in [5, 5.41) is 13.3. The van der Waals surface area contributed by atoms with Gasteiger partial charge in [-0.3, -0.25) is 0 Å². The van der Waals surface area contributed by atoms with Gasteiger partial charge in [0.05, 0.1) is 11.1 Å². The van der Waals surface area contributed by atoms with E-state index < -0.39 is 0 Å². The van der Waals surface area contributed by atoms with E-state index in [1.54, 1.807) is 0 Å². The Kier molecular flexibility index (Phi) is 3.75. The summed E-state index contributed by atoms with van der Waals surface area (Å²) in [4.78, 5) is 6.58. The van der Waals surface area contributed by atoms with Gasteiger partial charge < -0.3 is 10.2 Å². The molecule has 0 fully saturated rings. The Hall–Kier alpha value is -2.12. The summed E-state index contributed by atoms with van der Waals surface area (Å²) >= 11 is 0. The minimum absolute atomic E-state index is 0.618. The molecule has 1 N–H and O–H groups in total. The molecule has 2 aromatic rings. The fourth-order valence-corrected chi connectivity index (χ4v) is 1.86. The van der Waals surface area contributed by atoms with Gasteiger partial charge in [0.2, 0.25) is 0 Å². The van der Waals surface area contributed by atoms with E-state index in [0.717, 1.165) is 29.8 Å². The topological polar surface area (TPSA) is 52.0 Å². The molecule has 0 radical (unpaired) electrons. The highest BCUT2D eigenvalue weighted by Gasteiger charge is 2.10. The van der Waals surface area contributed by atoms with Gasteiger partial charge in [-0.25, -0.2) is 4.98 Å². The summed E-state index contributed by atoms with van der Waals surface area (Å²) in [7, 11) is 3.86. The number of para-hydroxylation sites is 1. The summed E-state index contributed by atoms with van der Waals surface area (Å²) in [6.45, 7) is 1.67. The summed E-state index contributed by atoms with van der Waals surface area (Å²) in [5.74, 6) is 0.742. The van der Waals surface area contributed by atoms with Gasteiger partial charge in [0.25, 0.3) is 0 Å². The van der Waals surface area contributed by atoms with Crippen LogP contribution in [0.2, 0.25) is 0 Å². The maximum Gasteiger partial charge on any atom is 0.147 e. The van der Waals surface area contributed by atoms with Crippen molar-refractivity contribution < 1.29 is 0 Å². The van der Waals surface area contributed by atoms with Crippen LogP contribution in [-0.2, 0) is 0 Å². The lowest BCUT2D eigenvalue weighted by Gasteiger charge is -2.19. The molecule has 0 aliphatic heterocycles. The first-order chi connectivity index (χ1) is 8.76. The summed E-state index contributed by atoms with van der Waals surface area (Å²) < 4.78 is 0. The number of hydrogen-bond donors (Lipinski definition) is 1. The van der Waals surface area contributed by atoms with E-state index in [4.69, 9.17) is 0 Å². The molecule has 0 bridgehead atoms. The van der Waals surface area contributed by atoms with Crippen LogP contribution in [0.1, 0.15) is 5.56 Å². The van der Waals surface area contributed by atoms with E-state index in [2.05, 4.69) is 16.4 Å². The van der Waals surface area contributed by atoms with Crippen LogP contribution in [0.4, 0.5) is 5.82 Å². The maximum absolute atomic E-state index is 9.22. The lowest BCUT2D eigenvalue weighted by Crippen LogP contribution is -2.28. The molecule has 18 heavy (non-hydrogen) atoms. The summed E-state index contributed by atoms with van der Waals surface area (Å²) in [6.07, 6.45) is 0. The molecule has 1 aromatic carbocycles. The summed E-state index contributed by atoms with van der Waals surface area (Å²) in [6, 6.07) is 12.0. The predicted octanol–water partition coefficient (Wildman–Crippen LogP) is 1.76. The second-order valence-corrected chi connectivity index (χ2v) is 4.19. The average molecular weight is 240 g/mol. The number of aromatic nitrogens is 1. The van der Waals surface area contributed by atoms with Crippen LogP contribution in [0.15, 0.2) is 30.3 Å². The van der Waals surface area contributed by atoms with Crippen molar-refractivity contribution in [2.45, 2.75) is 0 Å². The van der Waals surface area contributed by atoms with Crippen molar-refractivity contribution >= 4 is 16.7 Å². The third-order valence-corrected chi connectivity index (χ3v) is 2.88. The van der Waals surface area contributed by atoms with Crippen molar-refractivity contribution in [3.63, 3.8) is 0 Å². The highest BCUT2D eigenvalue weighted by molar-refractivity contribution is 5.82. The second kappa shape index (κ2) is 5.48. The van der Waals surface area contributed by atoms with Crippen molar-refractivity contribution in [2.24, 2.45) is 0 Å². The zero-order valence-electron chi connectivity index (χ0n) is 10.6. The third-order valence-electron chi connectivity index (χ3n) is 2.88. The Bertz CT molecular complexity index is 586. The van der Waals surface area contributed by atoms with E-state index in [-0.39, 0.29) is 0 Å². The SMILES string of the molecule is CNCCN(C)c1nc2ccccc2cc1C#N. The van der Waals surface area contributed by atoms with Crippen LogP contribution in [0.25, 0.3) is 10.9 Å². The lowest BCUT2D eigenvalue weighted by atomic mass is 10.1. The Balaban J connectivity index is 2.45. The second-order valence-electron chi connectivity index (χ2n) is 4.19. The number of rotatable bonds is 4. The first-order valence-electron chi connectivity index (χ1n) is 5.92. The van der Waals surface area contributed by atoms with E-state index in [1.807, 2.05) is 49.3 Å². The molecule has 0 saturated carbocycles. The van der Waals surface area contributed by atoms with Gasteiger partial charge in [0.15, 0.2) is 0 Å². The average Bonchev–Trinajstić information content (AvgIpc) is 2.43. The molecule has 0 atom stereocenters. The maximum atomic E-state index is 9.22. The largest absolute Gasteiger partial charge is 0.357 e. The van der Waals surface area contributed by atoms with E-state index in [1.165, 1.54) is 0 Å². The fourth-order valence-electron chi connectivity index (χ4n) is 1.86. The molecule has 0 saturated heterocycles. The minimum Gasteiger partial charge on any atom is -0.357 e. The van der Waals surface area contributed by atoms with Crippen molar-refractivity contribution in [2.75, 3.05) is 32.1 Å². The number of likely N-dealkylation sites (N-methyl/N-ethyl adjacent to an activating group) is 2. The van der Waals surface area contributed by atoms with Crippen molar-refractivity contribution in [3.05, 3.63) is 35.9 Å². The van der Waals surface area contributed by atoms with Crippen LogP contribution >= 0.6 is 0 Å². The summed E-state index contributed by atoms with van der Waals surface area (Å²) in [5.41, 5.74) is 1.54. The number of nitrogens with zero attached hydrogens (tertiary/aromatic N) is 3. The zero-order chi connectivity index (χ0) is 13.0. The molecule has 92 valence electrons. The van der Waals surface area contributed by atoms with Gasteiger partial charge in [-0.1, -0.05) is 18.2 Å². The van der Waals surface area contributed by atoms with Crippen LogP contribution in [0, 0.1) is 11.3 Å². The molecule has 1 aromatic heterocycles. The van der Waals surface area contributed by atoms with Crippen LogP contribution < -0.4 is 10.2 Å². The van der Waals surface area contributed by atoms with Gasteiger partial charge in [-0.05, 0) is 19.2 Å². The van der Waals surface area contributed by atoms with Crippen molar-refractivity contribution in [1.29, 1.82) is 5.26 Å². The molecular weight excluding hydrogens is 224 g/mol. The highest BCUT2D eigenvalue weighted by Crippen LogP contribution is 2.21. The highest BCUT2D eigenvalue weighted by atomic mass is 15.2. The molecule has 1 heterocycles. The van der Waals surface area contributed by atoms with Gasteiger partial charge in [-0.2, -0.15) is 5.26 Å². The number of benzene rings is 1. The molecule has 0 aliphatic carbocycles. The number of nitriles is 1. The van der Waals surface area contributed by atoms with E-state index in [0.29, 0.717) is 5.56 Å². The predicted molar refractivity (Wildman–Crippen MR) is 73.7 cm³/mol. The lowest BCUT2D eigenvalue weighted by molar-refractivity contribution is 0.762. The van der Waals surface area contributed by atoms with Gasteiger partial charge in [-0.15, -0.1) is 0 Å². The molecule has 0 unspecified atom stereocenters. The Morgan fingerprint density at radius 1 is 1.39 bits per heavy atom. The van der Waals surface area contributed by atoms with Crippen LogP contribution in [0.5, 0.6) is 0 Å². The smallest absolute Gasteiger partial charge is 0.147 e. The first-order valence-corrected chi connectivity index (χ1v) is 5.92. The van der Waals surface area contributed by atoms with Crippen LogP contribution in [0.3, 0.4) is 0 Å². The van der Waals surface area contributed by atoms with Gasteiger partial charge in [0.1, 0.15) is 11.9 Å². The molecule has 4 nitrogen and oxygen atoms in total.